The SMILES string of the molecule is NC1(c2ccc(F)cc2)Nc2ccccc2NC1=NCc1ccc(Cl)cc1. The van der Waals surface area contributed by atoms with E-state index in [1.807, 2.05) is 48.5 Å². The quantitative estimate of drug-likeness (QED) is 0.615. The van der Waals surface area contributed by atoms with Gasteiger partial charge in [-0.3, -0.25) is 10.7 Å². The lowest BCUT2D eigenvalue weighted by atomic mass is 9.95. The van der Waals surface area contributed by atoms with Crippen molar-refractivity contribution in [2.75, 3.05) is 10.6 Å². The Morgan fingerprint density at radius 3 is 2.30 bits per heavy atom. The Hall–Kier alpha value is -2.89. The fourth-order valence-electron chi connectivity index (χ4n) is 3.04. The molecule has 0 aromatic heterocycles. The minimum absolute atomic E-state index is 0.314. The summed E-state index contributed by atoms with van der Waals surface area (Å²) in [5.41, 5.74) is 9.09. The van der Waals surface area contributed by atoms with Gasteiger partial charge in [0.2, 0.25) is 0 Å². The molecule has 1 atom stereocenters. The first-order chi connectivity index (χ1) is 13.0. The Bertz CT molecular complexity index is 986. The molecule has 0 saturated carbocycles. The molecule has 136 valence electrons. The van der Waals surface area contributed by atoms with Crippen LogP contribution in [0.3, 0.4) is 0 Å². The minimum Gasteiger partial charge on any atom is -0.356 e. The molecule has 0 bridgehead atoms. The molecule has 3 aromatic rings. The molecule has 0 radical (unpaired) electrons. The highest BCUT2D eigenvalue weighted by Crippen LogP contribution is 2.34. The topological polar surface area (TPSA) is 62.4 Å². The zero-order valence-electron chi connectivity index (χ0n) is 14.4. The van der Waals surface area contributed by atoms with Crippen molar-refractivity contribution in [2.45, 2.75) is 12.2 Å². The normalized spacial score (nSPS) is 19.9. The highest BCUT2D eigenvalue weighted by molar-refractivity contribution is 6.30. The van der Waals surface area contributed by atoms with Crippen molar-refractivity contribution >= 4 is 28.8 Å². The standard InChI is InChI=1S/C21H18ClFN4/c22-16-9-5-14(6-10-16)13-25-20-21(24,15-7-11-17(23)12-8-15)27-19-4-2-1-3-18(19)26-20/h1-12,27H,13,24H2,(H,25,26). The summed E-state index contributed by atoms with van der Waals surface area (Å²) < 4.78 is 13.4. The molecular formula is C21H18ClFN4. The number of rotatable bonds is 3. The van der Waals surface area contributed by atoms with Crippen molar-refractivity contribution in [3.63, 3.8) is 0 Å². The van der Waals surface area contributed by atoms with Crippen LogP contribution >= 0.6 is 11.6 Å². The summed E-state index contributed by atoms with van der Waals surface area (Å²) in [5, 5.41) is 7.35. The number of para-hydroxylation sites is 2. The molecule has 0 spiro atoms. The van der Waals surface area contributed by atoms with Gasteiger partial charge in [0, 0.05) is 5.02 Å². The fraction of sp³-hybridized carbons (Fsp3) is 0.0952. The van der Waals surface area contributed by atoms with Crippen LogP contribution < -0.4 is 16.4 Å². The fourth-order valence-corrected chi connectivity index (χ4v) is 3.17. The van der Waals surface area contributed by atoms with E-state index >= 15 is 0 Å². The van der Waals surface area contributed by atoms with Crippen LogP contribution in [0.5, 0.6) is 0 Å². The van der Waals surface area contributed by atoms with Crippen molar-refractivity contribution < 1.29 is 4.39 Å². The Morgan fingerprint density at radius 2 is 1.59 bits per heavy atom. The van der Waals surface area contributed by atoms with E-state index in [1.165, 1.54) is 12.1 Å². The second kappa shape index (κ2) is 7.02. The van der Waals surface area contributed by atoms with Gasteiger partial charge in [-0.15, -0.1) is 0 Å². The van der Waals surface area contributed by atoms with Gasteiger partial charge in [-0.2, -0.15) is 0 Å². The van der Waals surface area contributed by atoms with Crippen molar-refractivity contribution in [3.05, 3.63) is 94.8 Å². The zero-order valence-corrected chi connectivity index (χ0v) is 15.2. The summed E-state index contributed by atoms with van der Waals surface area (Å²) in [5.74, 6) is 0.244. The Balaban J connectivity index is 1.74. The lowest BCUT2D eigenvalue weighted by Gasteiger charge is -2.38. The summed E-state index contributed by atoms with van der Waals surface area (Å²) in [7, 11) is 0. The molecule has 4 nitrogen and oxygen atoms in total. The lowest BCUT2D eigenvalue weighted by Crippen LogP contribution is -2.56. The number of benzene rings is 3. The number of fused-ring (bicyclic) bond motifs is 1. The van der Waals surface area contributed by atoms with Crippen molar-refractivity contribution in [1.29, 1.82) is 0 Å². The first kappa shape index (κ1) is 17.5. The van der Waals surface area contributed by atoms with Crippen LogP contribution in [0, 0.1) is 5.82 Å². The zero-order chi connectivity index (χ0) is 18.9. The van der Waals surface area contributed by atoms with Gasteiger partial charge in [0.05, 0.1) is 17.9 Å². The van der Waals surface area contributed by atoms with E-state index in [4.69, 9.17) is 22.3 Å². The third-order valence-electron chi connectivity index (χ3n) is 4.52. The molecule has 1 aliphatic heterocycles. The van der Waals surface area contributed by atoms with Gasteiger partial charge < -0.3 is 10.6 Å². The maximum atomic E-state index is 13.4. The highest BCUT2D eigenvalue weighted by atomic mass is 35.5. The largest absolute Gasteiger partial charge is 0.356 e. The summed E-state index contributed by atoms with van der Waals surface area (Å²) in [4.78, 5) is 4.72. The third kappa shape index (κ3) is 3.52. The van der Waals surface area contributed by atoms with Crippen LogP contribution in [-0.2, 0) is 12.2 Å². The Kier molecular flexibility index (Phi) is 4.56. The first-order valence-electron chi connectivity index (χ1n) is 8.53. The molecule has 6 heteroatoms. The second-order valence-electron chi connectivity index (χ2n) is 6.40. The molecule has 1 unspecified atom stereocenters. The molecule has 0 saturated heterocycles. The summed E-state index contributed by atoms with van der Waals surface area (Å²) in [6, 6.07) is 21.4. The lowest BCUT2D eigenvalue weighted by molar-refractivity contribution is 0.621. The van der Waals surface area contributed by atoms with Gasteiger partial charge >= 0.3 is 0 Å². The number of aliphatic imine (C=N–C) groups is 1. The van der Waals surface area contributed by atoms with E-state index in [1.54, 1.807) is 12.1 Å². The molecule has 0 amide bonds. The average molecular weight is 381 g/mol. The minimum atomic E-state index is -1.10. The maximum absolute atomic E-state index is 13.4. The number of amidine groups is 1. The predicted octanol–water partition coefficient (Wildman–Crippen LogP) is 4.73. The number of hydrogen-bond acceptors (Lipinski definition) is 3. The van der Waals surface area contributed by atoms with E-state index in [0.29, 0.717) is 23.0 Å². The number of hydrogen-bond donors (Lipinski definition) is 3. The van der Waals surface area contributed by atoms with Gasteiger partial charge in [0.1, 0.15) is 11.7 Å². The van der Waals surface area contributed by atoms with Crippen LogP contribution in [-0.4, -0.2) is 5.84 Å². The number of anilines is 2. The van der Waals surface area contributed by atoms with Gasteiger partial charge in [0.15, 0.2) is 5.66 Å². The van der Waals surface area contributed by atoms with Crippen molar-refractivity contribution in [2.24, 2.45) is 10.7 Å². The predicted molar refractivity (Wildman–Crippen MR) is 109 cm³/mol. The Labute approximate surface area is 161 Å². The van der Waals surface area contributed by atoms with E-state index in [9.17, 15) is 4.39 Å². The number of nitrogens with zero attached hydrogens (tertiary/aromatic N) is 1. The van der Waals surface area contributed by atoms with Crippen LogP contribution in [0.15, 0.2) is 77.8 Å². The summed E-state index contributed by atoms with van der Waals surface area (Å²) in [6.07, 6.45) is 0. The molecule has 27 heavy (non-hydrogen) atoms. The van der Waals surface area contributed by atoms with Gasteiger partial charge in [0.25, 0.3) is 0 Å². The van der Waals surface area contributed by atoms with Crippen molar-refractivity contribution in [1.82, 2.24) is 0 Å². The van der Waals surface area contributed by atoms with E-state index in [2.05, 4.69) is 10.6 Å². The van der Waals surface area contributed by atoms with Crippen LogP contribution in [0.1, 0.15) is 11.1 Å². The molecule has 1 heterocycles. The van der Waals surface area contributed by atoms with Gasteiger partial charge in [-0.1, -0.05) is 48.0 Å². The van der Waals surface area contributed by atoms with E-state index in [-0.39, 0.29) is 5.82 Å². The van der Waals surface area contributed by atoms with Crippen LogP contribution in [0.25, 0.3) is 0 Å². The Morgan fingerprint density at radius 1 is 0.926 bits per heavy atom. The third-order valence-corrected chi connectivity index (χ3v) is 4.77. The average Bonchev–Trinajstić information content (AvgIpc) is 2.68. The molecule has 3 aromatic carbocycles. The van der Waals surface area contributed by atoms with E-state index < -0.39 is 5.66 Å². The molecular weight excluding hydrogens is 363 g/mol. The molecule has 1 aliphatic rings. The first-order valence-corrected chi connectivity index (χ1v) is 8.91. The van der Waals surface area contributed by atoms with E-state index in [0.717, 1.165) is 16.9 Å². The molecule has 4 N–H and O–H groups in total. The maximum Gasteiger partial charge on any atom is 0.172 e. The summed E-state index contributed by atoms with van der Waals surface area (Å²) in [6.45, 7) is 0.434. The number of nitrogens with two attached hydrogens (primary N) is 1. The second-order valence-corrected chi connectivity index (χ2v) is 6.84. The number of halogens is 2. The molecule has 4 rings (SSSR count). The van der Waals surface area contributed by atoms with Gasteiger partial charge in [-0.05, 0) is 47.5 Å². The smallest absolute Gasteiger partial charge is 0.172 e. The van der Waals surface area contributed by atoms with Crippen LogP contribution in [0.2, 0.25) is 5.02 Å². The monoisotopic (exact) mass is 380 g/mol. The highest BCUT2D eigenvalue weighted by Gasteiger charge is 2.38. The molecule has 0 fully saturated rings. The number of nitrogens with one attached hydrogen (secondary N) is 2. The van der Waals surface area contributed by atoms with Gasteiger partial charge in [-0.25, -0.2) is 4.39 Å². The molecule has 0 aliphatic carbocycles. The van der Waals surface area contributed by atoms with Crippen LogP contribution in [0.4, 0.5) is 15.8 Å². The van der Waals surface area contributed by atoms with Crippen molar-refractivity contribution in [3.8, 4) is 0 Å². The summed E-state index contributed by atoms with van der Waals surface area (Å²) >= 11 is 5.95.